The lowest BCUT2D eigenvalue weighted by Gasteiger charge is -2.12. The SMILES string of the molecule is Cc1cc(C)n(-c2cncc(N[C@H](C)c3cc4ccccc4o3)n2)n1. The van der Waals surface area contributed by atoms with Crippen LogP contribution in [0, 0.1) is 13.8 Å². The Morgan fingerprint density at radius 1 is 1.12 bits per heavy atom. The Balaban J connectivity index is 1.60. The highest BCUT2D eigenvalue weighted by atomic mass is 16.3. The number of aromatic nitrogens is 4. The topological polar surface area (TPSA) is 68.8 Å². The lowest BCUT2D eigenvalue weighted by atomic mass is 10.2. The van der Waals surface area contributed by atoms with Crippen LogP contribution in [0.4, 0.5) is 5.82 Å². The molecule has 4 rings (SSSR count). The first-order chi connectivity index (χ1) is 12.1. The van der Waals surface area contributed by atoms with Gasteiger partial charge < -0.3 is 9.73 Å². The van der Waals surface area contributed by atoms with Gasteiger partial charge in [0, 0.05) is 11.1 Å². The zero-order chi connectivity index (χ0) is 17.4. The van der Waals surface area contributed by atoms with E-state index in [2.05, 4.69) is 20.4 Å². The van der Waals surface area contributed by atoms with Crippen molar-refractivity contribution in [2.45, 2.75) is 26.8 Å². The van der Waals surface area contributed by atoms with Crippen LogP contribution in [0.1, 0.15) is 30.1 Å². The predicted octanol–water partition coefficient (Wildman–Crippen LogP) is 4.20. The minimum Gasteiger partial charge on any atom is -0.459 e. The van der Waals surface area contributed by atoms with E-state index in [4.69, 9.17) is 4.42 Å². The van der Waals surface area contributed by atoms with Gasteiger partial charge in [-0.15, -0.1) is 0 Å². The number of hydrogen-bond donors (Lipinski definition) is 1. The van der Waals surface area contributed by atoms with Gasteiger partial charge in [0.1, 0.15) is 17.2 Å². The fourth-order valence-corrected chi connectivity index (χ4v) is 2.90. The van der Waals surface area contributed by atoms with Crippen LogP contribution in [0.5, 0.6) is 0 Å². The number of fused-ring (bicyclic) bond motifs is 1. The van der Waals surface area contributed by atoms with E-state index in [0.29, 0.717) is 11.6 Å². The summed E-state index contributed by atoms with van der Waals surface area (Å²) in [5.74, 6) is 2.23. The van der Waals surface area contributed by atoms with Crippen LogP contribution in [0.15, 0.2) is 53.2 Å². The van der Waals surface area contributed by atoms with Crippen molar-refractivity contribution in [3.63, 3.8) is 0 Å². The minimum atomic E-state index is -0.0302. The van der Waals surface area contributed by atoms with Gasteiger partial charge in [0.05, 0.1) is 24.1 Å². The molecule has 126 valence electrons. The first kappa shape index (κ1) is 15.4. The molecule has 0 saturated heterocycles. The van der Waals surface area contributed by atoms with E-state index in [1.54, 1.807) is 17.1 Å². The van der Waals surface area contributed by atoms with Crippen LogP contribution in [0.2, 0.25) is 0 Å². The van der Waals surface area contributed by atoms with Crippen molar-refractivity contribution in [1.82, 2.24) is 19.7 Å². The zero-order valence-electron chi connectivity index (χ0n) is 14.4. The van der Waals surface area contributed by atoms with Crippen molar-refractivity contribution >= 4 is 16.8 Å². The summed E-state index contributed by atoms with van der Waals surface area (Å²) in [6.45, 7) is 6.00. The van der Waals surface area contributed by atoms with Crippen LogP contribution in [-0.4, -0.2) is 19.7 Å². The molecule has 6 heteroatoms. The average molecular weight is 333 g/mol. The molecular weight excluding hydrogens is 314 g/mol. The number of nitrogens with zero attached hydrogens (tertiary/aromatic N) is 4. The second-order valence-corrected chi connectivity index (χ2v) is 6.15. The molecule has 1 atom stereocenters. The number of benzene rings is 1. The van der Waals surface area contributed by atoms with E-state index in [-0.39, 0.29) is 6.04 Å². The number of anilines is 1. The number of hydrogen-bond acceptors (Lipinski definition) is 5. The summed E-state index contributed by atoms with van der Waals surface area (Å²) < 4.78 is 7.70. The molecule has 6 nitrogen and oxygen atoms in total. The smallest absolute Gasteiger partial charge is 0.174 e. The molecule has 25 heavy (non-hydrogen) atoms. The monoisotopic (exact) mass is 333 g/mol. The molecule has 3 heterocycles. The van der Waals surface area contributed by atoms with Gasteiger partial charge in [-0.2, -0.15) is 5.10 Å². The summed E-state index contributed by atoms with van der Waals surface area (Å²) in [6, 6.07) is 12.0. The van der Waals surface area contributed by atoms with Gasteiger partial charge in [-0.25, -0.2) is 9.67 Å². The van der Waals surface area contributed by atoms with Crippen molar-refractivity contribution in [3.05, 3.63) is 65.9 Å². The molecule has 0 saturated carbocycles. The molecule has 4 aromatic rings. The van der Waals surface area contributed by atoms with E-state index in [1.807, 2.05) is 57.2 Å². The van der Waals surface area contributed by atoms with Crippen molar-refractivity contribution in [2.24, 2.45) is 0 Å². The van der Waals surface area contributed by atoms with Crippen molar-refractivity contribution < 1.29 is 4.42 Å². The lowest BCUT2D eigenvalue weighted by molar-refractivity contribution is 0.525. The third-order valence-corrected chi connectivity index (χ3v) is 4.08. The molecule has 0 bridgehead atoms. The molecule has 0 radical (unpaired) electrons. The lowest BCUT2D eigenvalue weighted by Crippen LogP contribution is -2.10. The van der Waals surface area contributed by atoms with E-state index >= 15 is 0 Å². The van der Waals surface area contributed by atoms with Crippen LogP contribution < -0.4 is 5.32 Å². The van der Waals surface area contributed by atoms with Crippen molar-refractivity contribution in [3.8, 4) is 5.82 Å². The fraction of sp³-hybridized carbons (Fsp3) is 0.211. The number of nitrogens with one attached hydrogen (secondary N) is 1. The third kappa shape index (κ3) is 2.98. The van der Waals surface area contributed by atoms with Crippen LogP contribution >= 0.6 is 0 Å². The second-order valence-electron chi connectivity index (χ2n) is 6.15. The Morgan fingerprint density at radius 2 is 1.96 bits per heavy atom. The normalized spacial score (nSPS) is 12.4. The molecule has 0 amide bonds. The summed E-state index contributed by atoms with van der Waals surface area (Å²) in [6.07, 6.45) is 3.41. The van der Waals surface area contributed by atoms with E-state index in [1.165, 1.54) is 0 Å². The maximum atomic E-state index is 5.91. The van der Waals surface area contributed by atoms with Gasteiger partial charge in [-0.05, 0) is 39.0 Å². The highest BCUT2D eigenvalue weighted by Gasteiger charge is 2.13. The number of aryl methyl sites for hydroxylation is 2. The number of para-hydroxylation sites is 1. The molecule has 3 aromatic heterocycles. The highest BCUT2D eigenvalue weighted by molar-refractivity contribution is 5.77. The van der Waals surface area contributed by atoms with Gasteiger partial charge in [-0.3, -0.25) is 4.98 Å². The minimum absolute atomic E-state index is 0.0302. The van der Waals surface area contributed by atoms with E-state index in [9.17, 15) is 0 Å². The maximum Gasteiger partial charge on any atom is 0.174 e. The molecular formula is C19H19N5O. The van der Waals surface area contributed by atoms with E-state index in [0.717, 1.165) is 28.1 Å². The Labute approximate surface area is 145 Å². The molecule has 0 fully saturated rings. The maximum absolute atomic E-state index is 5.91. The molecule has 1 N–H and O–H groups in total. The van der Waals surface area contributed by atoms with Crippen LogP contribution in [0.3, 0.4) is 0 Å². The van der Waals surface area contributed by atoms with Crippen LogP contribution in [-0.2, 0) is 0 Å². The van der Waals surface area contributed by atoms with Crippen LogP contribution in [0.25, 0.3) is 16.8 Å². The third-order valence-electron chi connectivity index (χ3n) is 4.08. The summed E-state index contributed by atoms with van der Waals surface area (Å²) in [5.41, 5.74) is 2.86. The number of furan rings is 1. The first-order valence-corrected chi connectivity index (χ1v) is 8.21. The van der Waals surface area contributed by atoms with E-state index < -0.39 is 0 Å². The Bertz CT molecular complexity index is 1000. The highest BCUT2D eigenvalue weighted by Crippen LogP contribution is 2.25. The second kappa shape index (κ2) is 6.05. The average Bonchev–Trinajstić information content (AvgIpc) is 3.18. The Kier molecular flexibility index (Phi) is 3.72. The van der Waals surface area contributed by atoms with Gasteiger partial charge >= 0.3 is 0 Å². The first-order valence-electron chi connectivity index (χ1n) is 8.21. The molecule has 0 aliphatic rings. The predicted molar refractivity (Wildman–Crippen MR) is 96.9 cm³/mol. The summed E-state index contributed by atoms with van der Waals surface area (Å²) in [5, 5.41) is 8.89. The van der Waals surface area contributed by atoms with Gasteiger partial charge in [0.15, 0.2) is 5.82 Å². The molecule has 0 aliphatic carbocycles. The van der Waals surface area contributed by atoms with Gasteiger partial charge in [0.2, 0.25) is 0 Å². The van der Waals surface area contributed by atoms with Gasteiger partial charge in [0.25, 0.3) is 0 Å². The number of rotatable bonds is 4. The quantitative estimate of drug-likeness (QED) is 0.606. The standard InChI is InChI=1S/C19H19N5O/c1-12-8-13(2)24(23-12)19-11-20-10-18(22-19)21-14(3)17-9-15-6-4-5-7-16(15)25-17/h4-11,14H,1-3H3,(H,21,22)/t14-/m1/s1. The summed E-state index contributed by atoms with van der Waals surface area (Å²) >= 11 is 0. The Hall–Kier alpha value is -3.15. The Morgan fingerprint density at radius 3 is 2.72 bits per heavy atom. The molecule has 0 unspecified atom stereocenters. The summed E-state index contributed by atoms with van der Waals surface area (Å²) in [7, 11) is 0. The van der Waals surface area contributed by atoms with Gasteiger partial charge in [-0.1, -0.05) is 18.2 Å². The summed E-state index contributed by atoms with van der Waals surface area (Å²) in [4.78, 5) is 8.91. The molecule has 0 spiro atoms. The van der Waals surface area contributed by atoms with Crippen molar-refractivity contribution in [2.75, 3.05) is 5.32 Å². The largest absolute Gasteiger partial charge is 0.459 e. The molecule has 0 aliphatic heterocycles. The molecule has 1 aromatic carbocycles. The van der Waals surface area contributed by atoms with Crippen molar-refractivity contribution in [1.29, 1.82) is 0 Å². The fourth-order valence-electron chi connectivity index (χ4n) is 2.90. The zero-order valence-corrected chi connectivity index (χ0v) is 14.4.